The summed E-state index contributed by atoms with van der Waals surface area (Å²) in [4.78, 5) is 0. The first kappa shape index (κ1) is 15.1. The maximum atomic E-state index is 3.68. The van der Waals surface area contributed by atoms with Crippen molar-refractivity contribution in [3.8, 4) is 0 Å². The van der Waals surface area contributed by atoms with E-state index >= 15 is 0 Å². The first-order chi connectivity index (χ1) is 10.6. The molecule has 1 heteroatoms. The van der Waals surface area contributed by atoms with Crippen LogP contribution in [0.25, 0.3) is 0 Å². The van der Waals surface area contributed by atoms with Gasteiger partial charge in [0, 0.05) is 5.69 Å². The molecule has 1 aliphatic rings. The number of hydrogen-bond donors (Lipinski definition) is 1. The van der Waals surface area contributed by atoms with Gasteiger partial charge in [0.1, 0.15) is 0 Å². The molecule has 116 valence electrons. The number of anilines is 1. The van der Waals surface area contributed by atoms with E-state index in [1.807, 2.05) is 0 Å². The van der Waals surface area contributed by atoms with E-state index < -0.39 is 0 Å². The highest BCUT2D eigenvalue weighted by Gasteiger charge is 2.22. The van der Waals surface area contributed by atoms with Gasteiger partial charge < -0.3 is 5.32 Å². The second kappa shape index (κ2) is 6.16. The van der Waals surface area contributed by atoms with Crippen molar-refractivity contribution in [1.82, 2.24) is 0 Å². The van der Waals surface area contributed by atoms with Crippen LogP contribution in [0.2, 0.25) is 0 Å². The lowest BCUT2D eigenvalue weighted by atomic mass is 9.94. The number of fused-ring (bicyclic) bond motifs is 1. The molecule has 0 radical (unpaired) electrons. The molecular weight excluding hydrogens is 266 g/mol. The Kier molecular flexibility index (Phi) is 4.24. The fraction of sp³-hybridized carbons (Fsp3) is 0.429. The summed E-state index contributed by atoms with van der Waals surface area (Å²) in [5, 5.41) is 3.68. The molecule has 3 rings (SSSR count). The highest BCUT2D eigenvalue weighted by molar-refractivity contribution is 5.59. The van der Waals surface area contributed by atoms with Gasteiger partial charge in [-0.05, 0) is 53.0 Å². The van der Waals surface area contributed by atoms with Crippen molar-refractivity contribution in [3.05, 3.63) is 64.7 Å². The molecular formula is C21H27N. The van der Waals surface area contributed by atoms with E-state index in [4.69, 9.17) is 0 Å². The molecule has 1 heterocycles. The number of nitrogens with one attached hydrogen (secondary N) is 1. The Hall–Kier alpha value is -1.76. The summed E-state index contributed by atoms with van der Waals surface area (Å²) in [5.74, 6) is 1.25. The van der Waals surface area contributed by atoms with Crippen molar-refractivity contribution in [2.45, 2.75) is 58.4 Å². The molecule has 0 aliphatic carbocycles. The van der Waals surface area contributed by atoms with Crippen molar-refractivity contribution in [3.63, 3.8) is 0 Å². The van der Waals surface area contributed by atoms with Crippen LogP contribution in [0.1, 0.15) is 74.2 Å². The van der Waals surface area contributed by atoms with E-state index in [2.05, 4.69) is 75.5 Å². The molecule has 2 atom stereocenters. The SMILES string of the molecule is CCC(C)c1ccc2c(c1)CC(c1ccc(C(C)C)cc1)N2. The summed E-state index contributed by atoms with van der Waals surface area (Å²) in [7, 11) is 0. The second-order valence-electron chi connectivity index (χ2n) is 6.95. The highest BCUT2D eigenvalue weighted by Crippen LogP contribution is 2.36. The van der Waals surface area contributed by atoms with Crippen molar-refractivity contribution < 1.29 is 0 Å². The van der Waals surface area contributed by atoms with Gasteiger partial charge in [-0.1, -0.05) is 64.1 Å². The maximum Gasteiger partial charge on any atom is 0.0555 e. The summed E-state index contributed by atoms with van der Waals surface area (Å²) < 4.78 is 0. The second-order valence-corrected chi connectivity index (χ2v) is 6.95. The monoisotopic (exact) mass is 293 g/mol. The lowest BCUT2D eigenvalue weighted by Crippen LogP contribution is -2.05. The van der Waals surface area contributed by atoms with Gasteiger partial charge in [-0.2, -0.15) is 0 Å². The molecule has 1 aliphatic heterocycles. The molecule has 2 aromatic rings. The van der Waals surface area contributed by atoms with Crippen molar-refractivity contribution in [2.75, 3.05) is 5.32 Å². The van der Waals surface area contributed by atoms with Gasteiger partial charge >= 0.3 is 0 Å². The summed E-state index contributed by atoms with van der Waals surface area (Å²) in [6.45, 7) is 9.06. The Morgan fingerprint density at radius 3 is 2.32 bits per heavy atom. The third-order valence-electron chi connectivity index (χ3n) is 5.07. The van der Waals surface area contributed by atoms with Crippen LogP contribution in [-0.4, -0.2) is 0 Å². The molecule has 1 N–H and O–H groups in total. The van der Waals surface area contributed by atoms with E-state index in [9.17, 15) is 0 Å². The Balaban J connectivity index is 1.79. The van der Waals surface area contributed by atoms with Crippen LogP contribution in [-0.2, 0) is 6.42 Å². The fourth-order valence-corrected chi connectivity index (χ4v) is 3.24. The fourth-order valence-electron chi connectivity index (χ4n) is 3.24. The number of benzene rings is 2. The van der Waals surface area contributed by atoms with Gasteiger partial charge in [0.25, 0.3) is 0 Å². The van der Waals surface area contributed by atoms with Crippen LogP contribution >= 0.6 is 0 Å². The Bertz CT molecular complexity index is 639. The first-order valence-corrected chi connectivity index (χ1v) is 8.57. The first-order valence-electron chi connectivity index (χ1n) is 8.57. The lowest BCUT2D eigenvalue weighted by Gasteiger charge is -2.13. The van der Waals surface area contributed by atoms with E-state index in [-0.39, 0.29) is 0 Å². The minimum absolute atomic E-state index is 0.420. The average Bonchev–Trinajstić information content (AvgIpc) is 2.97. The van der Waals surface area contributed by atoms with Gasteiger partial charge in [0.15, 0.2) is 0 Å². The zero-order chi connectivity index (χ0) is 15.7. The summed E-state index contributed by atoms with van der Waals surface area (Å²) in [6.07, 6.45) is 2.30. The van der Waals surface area contributed by atoms with E-state index in [0.29, 0.717) is 17.9 Å². The normalized spacial score (nSPS) is 18.1. The Morgan fingerprint density at radius 1 is 1.00 bits per heavy atom. The maximum absolute atomic E-state index is 3.68. The largest absolute Gasteiger partial charge is 0.378 e. The van der Waals surface area contributed by atoms with Crippen molar-refractivity contribution in [1.29, 1.82) is 0 Å². The third kappa shape index (κ3) is 2.90. The number of rotatable bonds is 4. The minimum Gasteiger partial charge on any atom is -0.378 e. The molecule has 0 saturated heterocycles. The van der Waals surface area contributed by atoms with Crippen LogP contribution in [0.15, 0.2) is 42.5 Å². The molecule has 0 spiro atoms. The number of hydrogen-bond acceptors (Lipinski definition) is 1. The quantitative estimate of drug-likeness (QED) is 0.725. The predicted molar refractivity (Wildman–Crippen MR) is 95.7 cm³/mol. The summed E-state index contributed by atoms with van der Waals surface area (Å²) in [6, 6.07) is 16.5. The molecule has 0 amide bonds. The van der Waals surface area contributed by atoms with Gasteiger partial charge in [0.2, 0.25) is 0 Å². The summed E-state index contributed by atoms with van der Waals surface area (Å²) in [5.41, 5.74) is 7.06. The topological polar surface area (TPSA) is 12.0 Å². The molecule has 0 aromatic heterocycles. The minimum atomic E-state index is 0.420. The van der Waals surface area contributed by atoms with E-state index in [1.165, 1.54) is 34.4 Å². The standard InChI is InChI=1S/C21H27N/c1-5-15(4)18-10-11-20-19(12-18)13-21(22-20)17-8-6-16(7-9-17)14(2)3/h6-12,14-15,21-22H,5,13H2,1-4H3. The molecule has 2 unspecified atom stereocenters. The van der Waals surface area contributed by atoms with Gasteiger partial charge in [-0.3, -0.25) is 0 Å². The van der Waals surface area contributed by atoms with Gasteiger partial charge in [0.05, 0.1) is 6.04 Å². The van der Waals surface area contributed by atoms with E-state index in [0.717, 1.165) is 6.42 Å². The van der Waals surface area contributed by atoms with Crippen LogP contribution in [0.5, 0.6) is 0 Å². The predicted octanol–water partition coefficient (Wildman–Crippen LogP) is 6.03. The zero-order valence-corrected chi connectivity index (χ0v) is 14.2. The Morgan fingerprint density at radius 2 is 1.68 bits per heavy atom. The van der Waals surface area contributed by atoms with Gasteiger partial charge in [-0.15, -0.1) is 0 Å². The molecule has 22 heavy (non-hydrogen) atoms. The van der Waals surface area contributed by atoms with Crippen molar-refractivity contribution >= 4 is 5.69 Å². The molecule has 2 aromatic carbocycles. The lowest BCUT2D eigenvalue weighted by molar-refractivity contribution is 0.732. The molecule has 1 nitrogen and oxygen atoms in total. The highest BCUT2D eigenvalue weighted by atomic mass is 14.9. The van der Waals surface area contributed by atoms with Crippen molar-refractivity contribution in [2.24, 2.45) is 0 Å². The average molecular weight is 293 g/mol. The van der Waals surface area contributed by atoms with Crippen LogP contribution < -0.4 is 5.32 Å². The zero-order valence-electron chi connectivity index (χ0n) is 14.2. The van der Waals surface area contributed by atoms with Crippen LogP contribution in [0, 0.1) is 0 Å². The Labute approximate surface area is 134 Å². The van der Waals surface area contributed by atoms with E-state index in [1.54, 1.807) is 0 Å². The molecule has 0 fully saturated rings. The molecule has 0 saturated carbocycles. The van der Waals surface area contributed by atoms with Crippen LogP contribution in [0.4, 0.5) is 5.69 Å². The van der Waals surface area contributed by atoms with Crippen LogP contribution in [0.3, 0.4) is 0 Å². The smallest absolute Gasteiger partial charge is 0.0555 e. The third-order valence-corrected chi connectivity index (χ3v) is 5.07. The van der Waals surface area contributed by atoms with Gasteiger partial charge in [-0.25, -0.2) is 0 Å². The summed E-state index contributed by atoms with van der Waals surface area (Å²) >= 11 is 0. The molecule has 0 bridgehead atoms.